The molecule has 3 aromatic rings. The quantitative estimate of drug-likeness (QED) is 0.215. The highest BCUT2D eigenvalue weighted by Gasteiger charge is 2.18. The number of rotatable bonds is 7. The lowest BCUT2D eigenvalue weighted by Crippen LogP contribution is -2.03. The predicted octanol–water partition coefficient (Wildman–Crippen LogP) is 5.93. The molecule has 156 valence electrons. The van der Waals surface area contributed by atoms with E-state index in [2.05, 4.69) is 5.10 Å². The molecule has 0 aliphatic heterocycles. The first-order valence-electron chi connectivity index (χ1n) is 8.57. The van der Waals surface area contributed by atoms with Gasteiger partial charge in [-0.05, 0) is 29.8 Å². The van der Waals surface area contributed by atoms with Crippen molar-refractivity contribution < 1.29 is 27.0 Å². The number of ether oxygens (including phenoxy) is 2. The van der Waals surface area contributed by atoms with E-state index in [0.717, 1.165) is 5.56 Å². The van der Waals surface area contributed by atoms with Gasteiger partial charge in [0.2, 0.25) is 0 Å². The van der Waals surface area contributed by atoms with Crippen LogP contribution in [0.4, 0.5) is 23.2 Å². The van der Waals surface area contributed by atoms with Crippen LogP contribution < -0.4 is 14.9 Å². The molecule has 4 nitrogen and oxygen atoms in total. The third-order valence-corrected chi connectivity index (χ3v) is 4.40. The molecule has 0 amide bonds. The molecule has 1 N–H and O–H groups in total. The van der Waals surface area contributed by atoms with Crippen molar-refractivity contribution in [1.82, 2.24) is 0 Å². The van der Waals surface area contributed by atoms with Gasteiger partial charge in [0.1, 0.15) is 12.3 Å². The fraction of sp³-hybridized carbons (Fsp3) is 0.0952. The van der Waals surface area contributed by atoms with Crippen molar-refractivity contribution in [2.24, 2.45) is 5.10 Å². The topological polar surface area (TPSA) is 42.8 Å². The predicted molar refractivity (Wildman–Crippen MR) is 106 cm³/mol. The summed E-state index contributed by atoms with van der Waals surface area (Å²) in [5, 5.41) is 4.19. The number of hydrogen-bond donors (Lipinski definition) is 1. The van der Waals surface area contributed by atoms with E-state index in [1.54, 1.807) is 24.3 Å². The molecule has 0 fully saturated rings. The summed E-state index contributed by atoms with van der Waals surface area (Å²) < 4.78 is 64.7. The van der Waals surface area contributed by atoms with Crippen molar-refractivity contribution in [1.29, 1.82) is 0 Å². The number of nitrogens with zero attached hydrogens (tertiary/aromatic N) is 1. The van der Waals surface area contributed by atoms with E-state index < -0.39 is 29.0 Å². The van der Waals surface area contributed by atoms with Gasteiger partial charge in [-0.25, -0.2) is 17.6 Å². The monoisotopic (exact) mass is 438 g/mol. The number of methoxy groups -OCH3 is 1. The Balaban J connectivity index is 1.73. The zero-order valence-electron chi connectivity index (χ0n) is 15.6. The Morgan fingerprint density at radius 3 is 2.33 bits per heavy atom. The third kappa shape index (κ3) is 4.83. The van der Waals surface area contributed by atoms with Crippen molar-refractivity contribution in [2.75, 3.05) is 12.5 Å². The van der Waals surface area contributed by atoms with Crippen molar-refractivity contribution >= 4 is 23.5 Å². The fourth-order valence-corrected chi connectivity index (χ4v) is 2.69. The highest BCUT2D eigenvalue weighted by Crippen LogP contribution is 2.29. The molecule has 0 saturated heterocycles. The van der Waals surface area contributed by atoms with Crippen LogP contribution in [0.5, 0.6) is 11.5 Å². The SMILES string of the molecule is COc1cc(/C=N/Nc2c(F)c(F)cc(F)c2F)ccc1OCc1ccccc1Cl. The Bertz CT molecular complexity index is 1070. The summed E-state index contributed by atoms with van der Waals surface area (Å²) in [5.41, 5.74) is 2.21. The first-order chi connectivity index (χ1) is 14.4. The second-order valence-electron chi connectivity index (χ2n) is 6.00. The van der Waals surface area contributed by atoms with Gasteiger partial charge in [-0.2, -0.15) is 5.10 Å². The Labute approximate surface area is 174 Å². The van der Waals surface area contributed by atoms with Crippen molar-refractivity contribution in [3.05, 3.63) is 87.9 Å². The molecule has 0 heterocycles. The zero-order chi connectivity index (χ0) is 21.7. The lowest BCUT2D eigenvalue weighted by atomic mass is 10.2. The number of benzene rings is 3. The summed E-state index contributed by atoms with van der Waals surface area (Å²) in [6, 6.07) is 12.1. The molecule has 0 aliphatic rings. The van der Waals surface area contributed by atoms with Gasteiger partial charge in [-0.15, -0.1) is 0 Å². The smallest absolute Gasteiger partial charge is 0.186 e. The van der Waals surface area contributed by atoms with E-state index in [1.807, 2.05) is 23.6 Å². The largest absolute Gasteiger partial charge is 0.493 e. The number of nitrogens with one attached hydrogen (secondary N) is 1. The molecule has 9 heteroatoms. The maximum Gasteiger partial charge on any atom is 0.186 e. The van der Waals surface area contributed by atoms with Crippen LogP contribution in [0.3, 0.4) is 0 Å². The summed E-state index contributed by atoms with van der Waals surface area (Å²) in [7, 11) is 1.44. The Morgan fingerprint density at radius 2 is 1.67 bits per heavy atom. The average molecular weight is 439 g/mol. The van der Waals surface area contributed by atoms with Crippen LogP contribution in [-0.4, -0.2) is 13.3 Å². The molecule has 0 spiro atoms. The highest BCUT2D eigenvalue weighted by molar-refractivity contribution is 6.31. The second kappa shape index (κ2) is 9.49. The fourth-order valence-electron chi connectivity index (χ4n) is 2.50. The van der Waals surface area contributed by atoms with Gasteiger partial charge < -0.3 is 9.47 Å². The minimum absolute atomic E-state index is 0.117. The molecule has 3 rings (SSSR count). The molecular weight excluding hydrogens is 424 g/mol. The molecule has 0 aliphatic carbocycles. The standard InChI is InChI=1S/C21H15ClF4N2O2/c1-29-18-8-12(6-7-17(18)30-11-13-4-2-3-5-14(13)22)10-27-28-21-19(25)15(23)9-16(24)20(21)26/h2-10,28H,11H2,1H3/b27-10+. The Hall–Kier alpha value is -3.26. The van der Waals surface area contributed by atoms with E-state index in [-0.39, 0.29) is 12.7 Å². The molecule has 0 aromatic heterocycles. The Morgan fingerprint density at radius 1 is 0.967 bits per heavy atom. The zero-order valence-corrected chi connectivity index (χ0v) is 16.3. The molecule has 0 radical (unpaired) electrons. The second-order valence-corrected chi connectivity index (χ2v) is 6.41. The van der Waals surface area contributed by atoms with Gasteiger partial charge in [0.25, 0.3) is 0 Å². The van der Waals surface area contributed by atoms with E-state index in [9.17, 15) is 17.6 Å². The van der Waals surface area contributed by atoms with Gasteiger partial charge in [0.15, 0.2) is 34.8 Å². The van der Waals surface area contributed by atoms with Crippen LogP contribution in [0.2, 0.25) is 5.02 Å². The first kappa shape index (κ1) is 21.4. The summed E-state index contributed by atoms with van der Waals surface area (Å²) in [5.74, 6) is -5.41. The van der Waals surface area contributed by atoms with Gasteiger partial charge >= 0.3 is 0 Å². The highest BCUT2D eigenvalue weighted by atomic mass is 35.5. The van der Waals surface area contributed by atoms with E-state index in [4.69, 9.17) is 21.1 Å². The van der Waals surface area contributed by atoms with E-state index in [1.165, 1.54) is 13.3 Å². The molecule has 0 unspecified atom stereocenters. The van der Waals surface area contributed by atoms with E-state index >= 15 is 0 Å². The van der Waals surface area contributed by atoms with Crippen molar-refractivity contribution in [2.45, 2.75) is 6.61 Å². The van der Waals surface area contributed by atoms with Crippen LogP contribution >= 0.6 is 11.6 Å². The van der Waals surface area contributed by atoms with Gasteiger partial charge in [0.05, 0.1) is 13.3 Å². The number of hydrazone groups is 1. The molecule has 3 aromatic carbocycles. The maximum absolute atomic E-state index is 13.6. The van der Waals surface area contributed by atoms with Crippen molar-refractivity contribution in [3.63, 3.8) is 0 Å². The van der Waals surface area contributed by atoms with Crippen LogP contribution in [0.25, 0.3) is 0 Å². The molecule has 0 saturated carbocycles. The number of halogens is 5. The first-order valence-corrected chi connectivity index (χ1v) is 8.94. The summed E-state index contributed by atoms with van der Waals surface area (Å²) in [4.78, 5) is 0. The van der Waals surface area contributed by atoms with Crippen LogP contribution in [0.1, 0.15) is 11.1 Å². The molecule has 30 heavy (non-hydrogen) atoms. The minimum Gasteiger partial charge on any atom is -0.493 e. The number of anilines is 1. The Kier molecular flexibility index (Phi) is 6.79. The lowest BCUT2D eigenvalue weighted by Gasteiger charge is -2.12. The summed E-state index contributed by atoms with van der Waals surface area (Å²) in [6.07, 6.45) is 1.20. The maximum atomic E-state index is 13.6. The van der Waals surface area contributed by atoms with Crippen molar-refractivity contribution in [3.8, 4) is 11.5 Å². The van der Waals surface area contributed by atoms with Gasteiger partial charge in [0, 0.05) is 16.7 Å². The van der Waals surface area contributed by atoms with Crippen LogP contribution in [0.15, 0.2) is 53.6 Å². The third-order valence-electron chi connectivity index (χ3n) is 4.03. The van der Waals surface area contributed by atoms with E-state index in [0.29, 0.717) is 22.1 Å². The summed E-state index contributed by atoms with van der Waals surface area (Å²) >= 11 is 6.10. The molecular formula is C21H15ClF4N2O2. The van der Waals surface area contributed by atoms with Crippen LogP contribution in [0, 0.1) is 23.3 Å². The normalized spacial score (nSPS) is 11.0. The molecule has 0 bridgehead atoms. The lowest BCUT2D eigenvalue weighted by molar-refractivity contribution is 0.284. The van der Waals surface area contributed by atoms with Gasteiger partial charge in [-0.1, -0.05) is 29.8 Å². The minimum atomic E-state index is -1.58. The van der Waals surface area contributed by atoms with Gasteiger partial charge in [-0.3, -0.25) is 5.43 Å². The average Bonchev–Trinajstić information content (AvgIpc) is 2.74. The summed E-state index contributed by atoms with van der Waals surface area (Å²) in [6.45, 7) is 0.217. The van der Waals surface area contributed by atoms with Crippen LogP contribution in [-0.2, 0) is 6.61 Å². The number of hydrogen-bond acceptors (Lipinski definition) is 4. The molecule has 0 atom stereocenters.